The van der Waals surface area contributed by atoms with E-state index in [1.54, 1.807) is 0 Å². The highest BCUT2D eigenvalue weighted by molar-refractivity contribution is 5.73. The third-order valence-corrected chi connectivity index (χ3v) is 3.22. The predicted molar refractivity (Wildman–Crippen MR) is 49.3 cm³/mol. The van der Waals surface area contributed by atoms with Gasteiger partial charge in [-0.05, 0) is 38.6 Å². The zero-order valence-electron chi connectivity index (χ0n) is 8.08. The predicted octanol–water partition coefficient (Wildman–Crippen LogP) is 0.938. The summed E-state index contributed by atoms with van der Waals surface area (Å²) in [6, 6.07) is 0.393. The van der Waals surface area contributed by atoms with Gasteiger partial charge in [-0.25, -0.2) is 0 Å². The largest absolute Gasteiger partial charge is 0.466 e. The third kappa shape index (κ3) is 1.70. The van der Waals surface area contributed by atoms with E-state index in [0.29, 0.717) is 18.6 Å². The highest BCUT2D eigenvalue weighted by Crippen LogP contribution is 2.34. The van der Waals surface area contributed by atoms with Gasteiger partial charge in [0.25, 0.3) is 0 Å². The molecule has 13 heavy (non-hydrogen) atoms. The molecule has 0 amide bonds. The van der Waals surface area contributed by atoms with E-state index < -0.39 is 0 Å². The van der Waals surface area contributed by atoms with Gasteiger partial charge in [0.05, 0.1) is 12.5 Å². The molecular formula is C10H17NO2. The number of ether oxygens (including phenoxy) is 1. The minimum atomic E-state index is 0.00407. The van der Waals surface area contributed by atoms with Crippen molar-refractivity contribution in [3.05, 3.63) is 0 Å². The molecule has 1 aliphatic carbocycles. The van der Waals surface area contributed by atoms with Crippen LogP contribution in [0.1, 0.15) is 26.2 Å². The Bertz CT molecular complexity index is 197. The number of esters is 1. The van der Waals surface area contributed by atoms with Gasteiger partial charge in [-0.15, -0.1) is 0 Å². The summed E-state index contributed by atoms with van der Waals surface area (Å²) in [6.07, 6.45) is 3.47. The summed E-state index contributed by atoms with van der Waals surface area (Å²) in [5.74, 6) is 0.844. The van der Waals surface area contributed by atoms with Crippen LogP contribution in [0, 0.1) is 11.8 Å². The number of nitrogens with one attached hydrogen (secondary N) is 1. The monoisotopic (exact) mass is 183 g/mol. The van der Waals surface area contributed by atoms with E-state index in [9.17, 15) is 4.79 Å². The summed E-state index contributed by atoms with van der Waals surface area (Å²) >= 11 is 0. The molecule has 3 aliphatic rings. The molecule has 0 radical (unpaired) electrons. The second-order valence-electron chi connectivity index (χ2n) is 4.05. The quantitative estimate of drug-likeness (QED) is 0.647. The van der Waals surface area contributed by atoms with Crippen LogP contribution in [0.2, 0.25) is 0 Å². The van der Waals surface area contributed by atoms with Crippen LogP contribution >= 0.6 is 0 Å². The zero-order chi connectivity index (χ0) is 9.26. The Morgan fingerprint density at radius 1 is 1.54 bits per heavy atom. The summed E-state index contributed by atoms with van der Waals surface area (Å²) in [5.41, 5.74) is 0. The van der Waals surface area contributed by atoms with Gasteiger partial charge in [0.15, 0.2) is 0 Å². The molecule has 1 N–H and O–H groups in total. The van der Waals surface area contributed by atoms with Gasteiger partial charge in [-0.1, -0.05) is 0 Å². The molecule has 2 heterocycles. The van der Waals surface area contributed by atoms with E-state index >= 15 is 0 Å². The number of hydrogen-bond acceptors (Lipinski definition) is 3. The summed E-state index contributed by atoms with van der Waals surface area (Å²) in [4.78, 5) is 11.5. The maximum Gasteiger partial charge on any atom is 0.310 e. The molecule has 3 unspecified atom stereocenters. The molecule has 0 aromatic rings. The second kappa shape index (κ2) is 3.66. The van der Waals surface area contributed by atoms with Crippen molar-refractivity contribution in [2.75, 3.05) is 13.2 Å². The van der Waals surface area contributed by atoms with Crippen LogP contribution in [0.15, 0.2) is 0 Å². The van der Waals surface area contributed by atoms with Crippen molar-refractivity contribution in [1.82, 2.24) is 5.32 Å². The molecule has 3 nitrogen and oxygen atoms in total. The van der Waals surface area contributed by atoms with Crippen LogP contribution in [0.3, 0.4) is 0 Å². The van der Waals surface area contributed by atoms with Crippen LogP contribution < -0.4 is 5.32 Å². The van der Waals surface area contributed by atoms with Crippen molar-refractivity contribution in [1.29, 1.82) is 0 Å². The van der Waals surface area contributed by atoms with Crippen molar-refractivity contribution < 1.29 is 9.53 Å². The first-order chi connectivity index (χ1) is 6.31. The number of hydrogen-bond donors (Lipinski definition) is 1. The standard InChI is InChI=1S/C10H17NO2/c1-2-13-10(12)8-5-7-3-4-9(8)11-6-7/h7-9,11H,2-6H2,1H3. The van der Waals surface area contributed by atoms with Gasteiger partial charge in [-0.3, -0.25) is 4.79 Å². The van der Waals surface area contributed by atoms with Crippen molar-refractivity contribution in [3.63, 3.8) is 0 Å². The van der Waals surface area contributed by atoms with Gasteiger partial charge >= 0.3 is 5.97 Å². The highest BCUT2D eigenvalue weighted by atomic mass is 16.5. The van der Waals surface area contributed by atoms with Crippen LogP contribution in [-0.4, -0.2) is 25.2 Å². The molecule has 2 saturated heterocycles. The van der Waals surface area contributed by atoms with E-state index in [1.807, 2.05) is 6.92 Å². The Balaban J connectivity index is 1.96. The average Bonchev–Trinajstić information content (AvgIpc) is 2.20. The highest BCUT2D eigenvalue weighted by Gasteiger charge is 2.39. The normalized spacial score (nSPS) is 37.5. The Hall–Kier alpha value is -0.570. The number of carbonyl (C=O) groups is 1. The molecule has 0 aromatic carbocycles. The van der Waals surface area contributed by atoms with Crippen molar-refractivity contribution in [2.24, 2.45) is 11.8 Å². The minimum absolute atomic E-state index is 0.00407. The molecule has 2 bridgehead atoms. The molecule has 3 atom stereocenters. The van der Waals surface area contributed by atoms with Gasteiger partial charge in [0.2, 0.25) is 0 Å². The summed E-state index contributed by atoms with van der Waals surface area (Å²) in [5, 5.41) is 3.41. The molecule has 0 spiro atoms. The first-order valence-corrected chi connectivity index (χ1v) is 5.21. The van der Waals surface area contributed by atoms with Crippen molar-refractivity contribution in [3.8, 4) is 0 Å². The third-order valence-electron chi connectivity index (χ3n) is 3.22. The van der Waals surface area contributed by atoms with E-state index in [2.05, 4.69) is 5.32 Å². The number of carbonyl (C=O) groups excluding carboxylic acids is 1. The lowest BCUT2D eigenvalue weighted by Gasteiger charge is -2.41. The fourth-order valence-electron chi connectivity index (χ4n) is 2.52. The van der Waals surface area contributed by atoms with Gasteiger partial charge in [-0.2, -0.15) is 0 Å². The topological polar surface area (TPSA) is 38.3 Å². The molecule has 1 saturated carbocycles. The smallest absolute Gasteiger partial charge is 0.310 e. The molecule has 3 heteroatoms. The molecule has 2 aliphatic heterocycles. The molecule has 3 fully saturated rings. The number of piperidine rings is 2. The molecule has 74 valence electrons. The number of rotatable bonds is 2. The van der Waals surface area contributed by atoms with Gasteiger partial charge < -0.3 is 10.1 Å². The van der Waals surface area contributed by atoms with Gasteiger partial charge in [0, 0.05) is 6.04 Å². The Labute approximate surface area is 78.8 Å². The van der Waals surface area contributed by atoms with Crippen LogP contribution in [0.4, 0.5) is 0 Å². The lowest BCUT2D eigenvalue weighted by molar-refractivity contribution is -0.152. The van der Waals surface area contributed by atoms with Crippen molar-refractivity contribution >= 4 is 5.97 Å². The fraction of sp³-hybridized carbons (Fsp3) is 0.900. The fourth-order valence-corrected chi connectivity index (χ4v) is 2.52. The summed E-state index contributed by atoms with van der Waals surface area (Å²) in [6.45, 7) is 3.47. The zero-order valence-corrected chi connectivity index (χ0v) is 8.08. The maximum atomic E-state index is 11.5. The number of fused-ring (bicyclic) bond motifs is 3. The maximum absolute atomic E-state index is 11.5. The van der Waals surface area contributed by atoms with Crippen molar-refractivity contribution in [2.45, 2.75) is 32.2 Å². The minimum Gasteiger partial charge on any atom is -0.466 e. The Morgan fingerprint density at radius 3 is 2.85 bits per heavy atom. The Kier molecular flexibility index (Phi) is 2.54. The van der Waals surface area contributed by atoms with E-state index in [0.717, 1.165) is 19.4 Å². The van der Waals surface area contributed by atoms with E-state index in [1.165, 1.54) is 6.42 Å². The van der Waals surface area contributed by atoms with Crippen LogP contribution in [0.25, 0.3) is 0 Å². The average molecular weight is 183 g/mol. The van der Waals surface area contributed by atoms with Gasteiger partial charge in [0.1, 0.15) is 0 Å². The van der Waals surface area contributed by atoms with Crippen LogP contribution in [-0.2, 0) is 9.53 Å². The first kappa shape index (κ1) is 9.00. The molecule has 3 rings (SSSR count). The SMILES string of the molecule is CCOC(=O)C1CC2CCC1NC2. The summed E-state index contributed by atoms with van der Waals surface area (Å²) < 4.78 is 5.06. The van der Waals surface area contributed by atoms with E-state index in [-0.39, 0.29) is 11.9 Å². The molecule has 0 aromatic heterocycles. The van der Waals surface area contributed by atoms with E-state index in [4.69, 9.17) is 4.74 Å². The molecular weight excluding hydrogens is 166 g/mol. The summed E-state index contributed by atoms with van der Waals surface area (Å²) in [7, 11) is 0. The lowest BCUT2D eigenvalue weighted by atomic mass is 9.74. The second-order valence-corrected chi connectivity index (χ2v) is 4.05. The van der Waals surface area contributed by atoms with Crippen LogP contribution in [0.5, 0.6) is 0 Å². The Morgan fingerprint density at radius 2 is 2.38 bits per heavy atom. The lowest BCUT2D eigenvalue weighted by Crippen LogP contribution is -2.52. The first-order valence-electron chi connectivity index (χ1n) is 5.21.